The Hall–Kier alpha value is -2.71. The lowest BCUT2D eigenvalue weighted by molar-refractivity contribution is -0.139. The van der Waals surface area contributed by atoms with Crippen LogP contribution in [0.25, 0.3) is 11.1 Å². The molecule has 1 saturated heterocycles. The zero-order valence-electron chi connectivity index (χ0n) is 25.5. The molecule has 42 heavy (non-hydrogen) atoms. The van der Waals surface area contributed by atoms with Crippen molar-refractivity contribution in [2.75, 3.05) is 12.0 Å². The Bertz CT molecular complexity index is 1340. The second kappa shape index (κ2) is 14.6. The first-order valence-corrected chi connectivity index (χ1v) is 17.8. The highest BCUT2D eigenvalue weighted by Gasteiger charge is 2.34. The van der Waals surface area contributed by atoms with E-state index < -0.39 is 27.8 Å². The monoisotopic (exact) mass is 596 g/mol. The molecule has 0 radical (unpaired) electrons. The van der Waals surface area contributed by atoms with Crippen LogP contribution in [0.1, 0.15) is 99.0 Å². The van der Waals surface area contributed by atoms with Gasteiger partial charge >= 0.3 is 5.97 Å². The molecule has 8 heteroatoms. The summed E-state index contributed by atoms with van der Waals surface area (Å²) in [5.41, 5.74) is 4.26. The van der Waals surface area contributed by atoms with E-state index in [0.717, 1.165) is 47.4 Å². The number of nitrogens with one attached hydrogen (secondary N) is 1. The molecule has 0 unspecified atom stereocenters. The lowest BCUT2D eigenvalue weighted by Gasteiger charge is -2.34. The minimum atomic E-state index is -3.37. The minimum Gasteiger partial charge on any atom is -0.480 e. The molecule has 230 valence electrons. The van der Waals surface area contributed by atoms with Crippen molar-refractivity contribution in [2.24, 2.45) is 5.92 Å². The molecule has 4 rings (SSSR count). The van der Waals surface area contributed by atoms with Crippen molar-refractivity contribution < 1.29 is 23.1 Å². The Morgan fingerprint density at radius 3 is 2.38 bits per heavy atom. The number of carbonyl (C=O) groups is 2. The van der Waals surface area contributed by atoms with Crippen LogP contribution in [0.2, 0.25) is 0 Å². The second-order valence-electron chi connectivity index (χ2n) is 12.6. The number of carboxylic acids is 1. The van der Waals surface area contributed by atoms with Crippen LogP contribution in [0.3, 0.4) is 0 Å². The van der Waals surface area contributed by atoms with Crippen LogP contribution >= 0.6 is 0 Å². The zero-order chi connectivity index (χ0) is 30.3. The fourth-order valence-electron chi connectivity index (χ4n) is 7.00. The number of carboxylic acid groups (broad SMARTS) is 1. The van der Waals surface area contributed by atoms with E-state index in [1.165, 1.54) is 57.8 Å². The van der Waals surface area contributed by atoms with E-state index in [4.69, 9.17) is 0 Å². The molecular formula is C34H48N2O5S. The molecule has 2 aliphatic rings. The van der Waals surface area contributed by atoms with E-state index in [-0.39, 0.29) is 12.2 Å². The van der Waals surface area contributed by atoms with Gasteiger partial charge in [0.2, 0.25) is 0 Å². The standard InChI is InChI=1S/C34H48N2O5S/c1-4-10-27-16-17-28(21-25-12-6-5-7-13-25)36(27)23-26-15-18-30(31(22-26)29-14-9-8-11-24(29)2)33(37)35-32(34(38)39)19-20-42(3,40)41/h8-9,11,14-15,18,22,25,27-28,32H,4-7,10,12-13,16-17,19-21,23H2,1-3H3,(H,35,37)(H,38,39)/t27-,28-,32-/m0/s1. The van der Waals surface area contributed by atoms with Crippen LogP contribution < -0.4 is 5.32 Å². The van der Waals surface area contributed by atoms with Gasteiger partial charge in [-0.2, -0.15) is 0 Å². The average molecular weight is 597 g/mol. The van der Waals surface area contributed by atoms with Crippen LogP contribution in [0.5, 0.6) is 0 Å². The van der Waals surface area contributed by atoms with Crippen molar-refractivity contribution >= 4 is 21.7 Å². The normalized spacial score (nSPS) is 20.8. The summed E-state index contributed by atoms with van der Waals surface area (Å²) in [5.74, 6) is -1.25. The fourth-order valence-corrected chi connectivity index (χ4v) is 7.66. The van der Waals surface area contributed by atoms with E-state index in [0.29, 0.717) is 17.6 Å². The molecule has 0 bridgehead atoms. The largest absolute Gasteiger partial charge is 0.480 e. The summed E-state index contributed by atoms with van der Waals surface area (Å²) in [7, 11) is -3.37. The topological polar surface area (TPSA) is 104 Å². The highest BCUT2D eigenvalue weighted by molar-refractivity contribution is 7.90. The highest BCUT2D eigenvalue weighted by atomic mass is 32.2. The number of sulfone groups is 1. The minimum absolute atomic E-state index is 0.187. The maximum absolute atomic E-state index is 13.5. The van der Waals surface area contributed by atoms with Gasteiger partial charge in [0.15, 0.2) is 0 Å². The number of hydrogen-bond donors (Lipinski definition) is 2. The number of rotatable bonds is 13. The quantitative estimate of drug-likeness (QED) is 0.278. The van der Waals surface area contributed by atoms with Gasteiger partial charge in [0.05, 0.1) is 5.75 Å². The van der Waals surface area contributed by atoms with Crippen LogP contribution in [0.4, 0.5) is 0 Å². The summed E-state index contributed by atoms with van der Waals surface area (Å²) in [5, 5.41) is 12.3. The van der Waals surface area contributed by atoms with Gasteiger partial charge in [0.1, 0.15) is 15.9 Å². The summed E-state index contributed by atoms with van der Waals surface area (Å²) in [6.45, 7) is 5.10. The van der Waals surface area contributed by atoms with Crippen LogP contribution in [0, 0.1) is 12.8 Å². The number of aryl methyl sites for hydroxylation is 1. The Morgan fingerprint density at radius 1 is 1.00 bits per heavy atom. The smallest absolute Gasteiger partial charge is 0.326 e. The maximum Gasteiger partial charge on any atom is 0.326 e. The fraction of sp³-hybridized carbons (Fsp3) is 0.588. The molecular weight excluding hydrogens is 548 g/mol. The molecule has 1 heterocycles. The van der Waals surface area contributed by atoms with Crippen molar-refractivity contribution in [3.05, 3.63) is 59.2 Å². The van der Waals surface area contributed by atoms with E-state index in [2.05, 4.69) is 23.2 Å². The van der Waals surface area contributed by atoms with Gasteiger partial charge in [-0.25, -0.2) is 13.2 Å². The summed E-state index contributed by atoms with van der Waals surface area (Å²) in [6, 6.07) is 13.7. The van der Waals surface area contributed by atoms with Gasteiger partial charge in [-0.15, -0.1) is 0 Å². The summed E-state index contributed by atoms with van der Waals surface area (Å²) in [6.07, 6.45) is 13.8. The van der Waals surface area contributed by atoms with Gasteiger partial charge in [-0.3, -0.25) is 9.69 Å². The van der Waals surface area contributed by atoms with Crippen LogP contribution in [-0.4, -0.2) is 60.4 Å². The first-order valence-electron chi connectivity index (χ1n) is 15.7. The molecule has 1 amide bonds. The number of hydrogen-bond acceptors (Lipinski definition) is 5. The molecule has 3 atom stereocenters. The highest BCUT2D eigenvalue weighted by Crippen LogP contribution is 2.37. The Kier molecular flexibility index (Phi) is 11.2. The number of benzene rings is 2. The predicted octanol–water partition coefficient (Wildman–Crippen LogP) is 6.38. The van der Waals surface area contributed by atoms with Crippen LogP contribution in [0.15, 0.2) is 42.5 Å². The summed E-state index contributed by atoms with van der Waals surface area (Å²) >= 11 is 0. The van der Waals surface area contributed by atoms with E-state index in [1.807, 2.05) is 43.3 Å². The number of amides is 1. The zero-order valence-corrected chi connectivity index (χ0v) is 26.3. The molecule has 1 saturated carbocycles. The first kappa shape index (κ1) is 32.2. The average Bonchev–Trinajstić information content (AvgIpc) is 3.31. The molecule has 2 fully saturated rings. The lowest BCUT2D eigenvalue weighted by Crippen LogP contribution is -2.42. The van der Waals surface area contributed by atoms with Crippen molar-refractivity contribution in [3.63, 3.8) is 0 Å². The lowest BCUT2D eigenvalue weighted by atomic mass is 9.84. The molecule has 7 nitrogen and oxygen atoms in total. The van der Waals surface area contributed by atoms with Crippen LogP contribution in [-0.2, 0) is 21.2 Å². The van der Waals surface area contributed by atoms with Crippen molar-refractivity contribution in [2.45, 2.75) is 109 Å². The van der Waals surface area contributed by atoms with Gasteiger partial charge in [0.25, 0.3) is 5.91 Å². The third-order valence-corrected chi connectivity index (χ3v) is 10.2. The van der Waals surface area contributed by atoms with E-state index >= 15 is 0 Å². The number of likely N-dealkylation sites (tertiary alicyclic amines) is 1. The van der Waals surface area contributed by atoms with Gasteiger partial charge in [-0.1, -0.05) is 75.8 Å². The third kappa shape index (κ3) is 8.66. The molecule has 2 aromatic rings. The molecule has 0 aromatic heterocycles. The molecule has 2 N–H and O–H groups in total. The Balaban J connectivity index is 1.62. The second-order valence-corrected chi connectivity index (χ2v) is 14.8. The number of nitrogens with zero attached hydrogens (tertiary/aromatic N) is 1. The summed E-state index contributed by atoms with van der Waals surface area (Å²) in [4.78, 5) is 28.1. The molecule has 0 spiro atoms. The Labute approximate surface area is 252 Å². The van der Waals surface area contributed by atoms with E-state index in [9.17, 15) is 23.1 Å². The number of aliphatic carboxylic acids is 1. The first-order chi connectivity index (χ1) is 20.1. The molecule has 1 aliphatic carbocycles. The number of carbonyl (C=O) groups excluding carboxylic acids is 1. The van der Waals surface area contributed by atoms with Crippen molar-refractivity contribution in [3.8, 4) is 11.1 Å². The van der Waals surface area contributed by atoms with Gasteiger partial charge in [0, 0.05) is 30.4 Å². The van der Waals surface area contributed by atoms with Gasteiger partial charge in [-0.05, 0) is 79.3 Å². The SMILES string of the molecule is CCC[C@H]1CC[C@@H](CC2CCCCC2)N1Cc1ccc(C(=O)N[C@@H](CCS(C)(=O)=O)C(=O)O)c(-c2ccccc2C)c1. The van der Waals surface area contributed by atoms with Crippen molar-refractivity contribution in [1.82, 2.24) is 10.2 Å². The molecule has 2 aromatic carbocycles. The van der Waals surface area contributed by atoms with Crippen molar-refractivity contribution in [1.29, 1.82) is 0 Å². The van der Waals surface area contributed by atoms with Gasteiger partial charge < -0.3 is 10.4 Å². The Morgan fingerprint density at radius 2 is 1.71 bits per heavy atom. The third-order valence-electron chi connectivity index (χ3n) is 9.23. The predicted molar refractivity (Wildman–Crippen MR) is 168 cm³/mol. The molecule has 1 aliphatic heterocycles. The maximum atomic E-state index is 13.5. The summed E-state index contributed by atoms with van der Waals surface area (Å²) < 4.78 is 23.3. The van der Waals surface area contributed by atoms with E-state index in [1.54, 1.807) is 0 Å².